The second kappa shape index (κ2) is 9.84. The third-order valence-corrected chi connectivity index (χ3v) is 8.79. The Balaban J connectivity index is 1.43. The first-order valence-corrected chi connectivity index (χ1v) is 12.7. The van der Waals surface area contributed by atoms with Crippen LogP contribution in [0.15, 0.2) is 10.6 Å². The van der Waals surface area contributed by atoms with Gasteiger partial charge in [0.15, 0.2) is 0 Å². The number of aliphatic carboxylic acids is 1. The summed E-state index contributed by atoms with van der Waals surface area (Å²) in [6.45, 7) is 5.70. The summed E-state index contributed by atoms with van der Waals surface area (Å²) in [7, 11) is 1.67. The molecule has 4 aliphatic rings. The Morgan fingerprint density at radius 2 is 2.09 bits per heavy atom. The van der Waals surface area contributed by atoms with Gasteiger partial charge in [-0.25, -0.2) is 4.79 Å². The third kappa shape index (κ3) is 4.43. The fraction of sp³-hybridized carbons (Fsp3) is 0.727. The summed E-state index contributed by atoms with van der Waals surface area (Å²) in [4.78, 5) is 53.8. The normalized spacial score (nSPS) is 33.7. The van der Waals surface area contributed by atoms with Crippen molar-refractivity contribution < 1.29 is 24.3 Å². The summed E-state index contributed by atoms with van der Waals surface area (Å²) in [5.41, 5.74) is 5.97. The molecule has 0 unspecified atom stereocenters. The number of hydrogen-bond donors (Lipinski definition) is 5. The van der Waals surface area contributed by atoms with Crippen molar-refractivity contribution in [2.75, 3.05) is 33.2 Å². The van der Waals surface area contributed by atoms with E-state index in [-0.39, 0.29) is 59.3 Å². The lowest BCUT2D eigenvalue weighted by molar-refractivity contribution is -0.158. The summed E-state index contributed by atoms with van der Waals surface area (Å²) < 4.78 is 0. The average molecular weight is 495 g/mol. The van der Waals surface area contributed by atoms with Crippen molar-refractivity contribution in [1.82, 2.24) is 25.8 Å². The zero-order chi connectivity index (χ0) is 24.7. The topological polar surface area (TPSA) is 157 Å². The maximum atomic E-state index is 13.0. The summed E-state index contributed by atoms with van der Waals surface area (Å²) in [5, 5.41) is 18.9. The molecule has 0 radical (unpaired) electrons. The number of nitrogens with one attached hydrogen (secondary N) is 3. The van der Waals surface area contributed by atoms with Crippen molar-refractivity contribution >= 4 is 35.5 Å². The van der Waals surface area contributed by atoms with E-state index in [1.807, 2.05) is 6.92 Å². The van der Waals surface area contributed by atoms with Crippen LogP contribution >= 0.6 is 11.8 Å². The Morgan fingerprint density at radius 3 is 2.71 bits per heavy atom. The molecule has 0 aromatic carbocycles. The van der Waals surface area contributed by atoms with Crippen LogP contribution in [0.2, 0.25) is 0 Å². The molecule has 188 valence electrons. The number of thioether (sulfide) groups is 1. The van der Waals surface area contributed by atoms with Crippen LogP contribution in [0.5, 0.6) is 0 Å². The molecule has 0 aromatic heterocycles. The molecule has 11 nitrogen and oxygen atoms in total. The highest BCUT2D eigenvalue weighted by Gasteiger charge is 2.60. The molecule has 4 aliphatic heterocycles. The van der Waals surface area contributed by atoms with E-state index in [9.17, 15) is 24.3 Å². The number of hydrogen-bond acceptors (Lipinski definition) is 8. The molecule has 0 aliphatic carbocycles. The number of β-lactam (4-membered cyclic amide) rings is 1. The number of carbonyl (C=O) groups is 4. The molecule has 0 spiro atoms. The smallest absolute Gasteiger partial charge is 0.353 e. The fourth-order valence-electron chi connectivity index (χ4n) is 5.62. The van der Waals surface area contributed by atoms with Gasteiger partial charge in [-0.2, -0.15) is 0 Å². The van der Waals surface area contributed by atoms with Gasteiger partial charge < -0.3 is 36.6 Å². The highest BCUT2D eigenvalue weighted by Crippen LogP contribution is 2.51. The third-order valence-electron chi connectivity index (χ3n) is 7.27. The van der Waals surface area contributed by atoms with Crippen LogP contribution in [0.1, 0.15) is 26.7 Å². The minimum atomic E-state index is -1.12. The number of likely N-dealkylation sites (tertiary alicyclic amines) is 1. The van der Waals surface area contributed by atoms with Gasteiger partial charge in [0.25, 0.3) is 0 Å². The number of likely N-dealkylation sites (N-methyl/N-ethyl adjacent to an activating group) is 1. The summed E-state index contributed by atoms with van der Waals surface area (Å²) in [6.07, 6.45) is 1.40. The van der Waals surface area contributed by atoms with Crippen LogP contribution in [-0.2, 0) is 19.2 Å². The number of amides is 3. The summed E-state index contributed by atoms with van der Waals surface area (Å²) in [6, 6.07) is -0.983. The molecule has 6 N–H and O–H groups in total. The lowest BCUT2D eigenvalue weighted by Gasteiger charge is -2.47. The van der Waals surface area contributed by atoms with Crippen LogP contribution in [0.4, 0.5) is 0 Å². The number of nitrogens with two attached hydrogens (primary N) is 1. The zero-order valence-electron chi connectivity index (χ0n) is 19.7. The zero-order valence-corrected chi connectivity index (χ0v) is 20.6. The van der Waals surface area contributed by atoms with Gasteiger partial charge in [0.1, 0.15) is 5.70 Å². The molecule has 0 saturated carbocycles. The van der Waals surface area contributed by atoms with Crippen LogP contribution in [-0.4, -0.2) is 101 Å². The number of nitrogens with zero attached hydrogens (tertiary/aromatic N) is 2. The van der Waals surface area contributed by atoms with E-state index >= 15 is 0 Å². The van der Waals surface area contributed by atoms with Crippen LogP contribution in [0.3, 0.4) is 0 Å². The molecule has 7 atom stereocenters. The molecule has 3 fully saturated rings. The summed E-state index contributed by atoms with van der Waals surface area (Å²) >= 11 is 1.46. The van der Waals surface area contributed by atoms with E-state index in [4.69, 9.17) is 5.73 Å². The maximum Gasteiger partial charge on any atom is 0.353 e. The van der Waals surface area contributed by atoms with Crippen molar-refractivity contribution in [3.63, 3.8) is 0 Å². The SMILES string of the molecule is CNCC(=O)N[C@H](C)[C@H]1C(=O)N2C(C(=O)O)=C(S[C@@H]3CN[C@H](C(=O)N4CC[C@H](N)C4)C3)[C@H](C)[C@@H]12. The van der Waals surface area contributed by atoms with E-state index in [0.29, 0.717) is 31.0 Å². The molecule has 4 heterocycles. The molecule has 34 heavy (non-hydrogen) atoms. The van der Waals surface area contributed by atoms with E-state index in [0.717, 1.165) is 6.42 Å². The standard InChI is InChI=1S/C22H34N6O5S/c1-10-17-16(11(2)26-15(29)8-24-3)21(31)28(17)18(22(32)33)19(10)34-13-6-14(25-7-13)20(30)27-5-4-12(23)9-27/h10-14,16-17,24-25H,4-9,23H2,1-3H3,(H,26,29)(H,32,33)/t10-,11-,12+,13+,14+,16-,17+/m1/s1. The fourth-order valence-corrected chi connectivity index (χ4v) is 7.10. The van der Waals surface area contributed by atoms with Crippen molar-refractivity contribution in [2.45, 2.75) is 56.1 Å². The maximum absolute atomic E-state index is 13.0. The molecule has 3 amide bonds. The van der Waals surface area contributed by atoms with Gasteiger partial charge in [0.05, 0.1) is 24.5 Å². The highest BCUT2D eigenvalue weighted by atomic mass is 32.2. The minimum Gasteiger partial charge on any atom is -0.477 e. The van der Waals surface area contributed by atoms with Gasteiger partial charge in [-0.3, -0.25) is 14.4 Å². The van der Waals surface area contributed by atoms with Gasteiger partial charge in [-0.05, 0) is 26.8 Å². The van der Waals surface area contributed by atoms with Crippen molar-refractivity contribution in [2.24, 2.45) is 17.6 Å². The van der Waals surface area contributed by atoms with Gasteiger partial charge in [0.2, 0.25) is 17.7 Å². The highest BCUT2D eigenvalue weighted by molar-refractivity contribution is 8.03. The molecule has 12 heteroatoms. The first-order chi connectivity index (χ1) is 16.1. The average Bonchev–Trinajstić information content (AvgIpc) is 3.46. The number of carbonyl (C=O) groups excluding carboxylic acids is 3. The second-order valence-corrected chi connectivity index (χ2v) is 11.0. The number of carboxylic acid groups (broad SMARTS) is 1. The van der Waals surface area contributed by atoms with Gasteiger partial charge in [-0.15, -0.1) is 11.8 Å². The second-order valence-electron chi connectivity index (χ2n) is 9.69. The lowest BCUT2D eigenvalue weighted by atomic mass is 9.78. The molecule has 0 bridgehead atoms. The van der Waals surface area contributed by atoms with Crippen molar-refractivity contribution in [1.29, 1.82) is 0 Å². The predicted molar refractivity (Wildman–Crippen MR) is 126 cm³/mol. The quantitative estimate of drug-likeness (QED) is 0.254. The Labute approximate surface area is 203 Å². The van der Waals surface area contributed by atoms with E-state index in [2.05, 4.69) is 16.0 Å². The largest absolute Gasteiger partial charge is 0.477 e. The van der Waals surface area contributed by atoms with Crippen LogP contribution < -0.4 is 21.7 Å². The number of rotatable bonds is 8. The summed E-state index contributed by atoms with van der Waals surface area (Å²) in [5.74, 6) is -2.20. The van der Waals surface area contributed by atoms with Gasteiger partial charge in [-0.1, -0.05) is 6.92 Å². The Bertz CT molecular complexity index is 912. The molecule has 0 aromatic rings. The Morgan fingerprint density at radius 1 is 1.35 bits per heavy atom. The molecular weight excluding hydrogens is 460 g/mol. The predicted octanol–water partition coefficient (Wildman–Crippen LogP) is -1.49. The van der Waals surface area contributed by atoms with Crippen LogP contribution in [0, 0.1) is 11.8 Å². The molecular formula is C22H34N6O5S. The first-order valence-electron chi connectivity index (χ1n) is 11.8. The van der Waals surface area contributed by atoms with E-state index in [1.165, 1.54) is 16.7 Å². The van der Waals surface area contributed by atoms with Crippen molar-refractivity contribution in [3.8, 4) is 0 Å². The molecule has 4 rings (SSSR count). The van der Waals surface area contributed by atoms with E-state index in [1.54, 1.807) is 18.9 Å². The number of carboxylic acids is 1. The van der Waals surface area contributed by atoms with Crippen LogP contribution in [0.25, 0.3) is 0 Å². The first kappa shape index (κ1) is 25.0. The van der Waals surface area contributed by atoms with E-state index < -0.39 is 17.9 Å². The van der Waals surface area contributed by atoms with Gasteiger partial charge in [0, 0.05) is 47.8 Å². The monoisotopic (exact) mass is 494 g/mol. The minimum absolute atomic E-state index is 0.0250. The number of fused-ring (bicyclic) bond motifs is 1. The van der Waals surface area contributed by atoms with Gasteiger partial charge >= 0.3 is 5.97 Å². The van der Waals surface area contributed by atoms with Crippen molar-refractivity contribution in [3.05, 3.63) is 10.6 Å². The lowest BCUT2D eigenvalue weighted by Crippen LogP contribution is -2.66. The molecule has 3 saturated heterocycles. The Kier molecular flexibility index (Phi) is 7.22. The Hall–Kier alpha value is -2.15.